The Bertz CT molecular complexity index is 431. The van der Waals surface area contributed by atoms with Crippen LogP contribution in [0.1, 0.15) is 49.9 Å². The van der Waals surface area contributed by atoms with E-state index in [0.717, 1.165) is 25.8 Å². The average molecular weight is 261 g/mol. The number of ether oxygens (including phenoxy) is 1. The molecular formula is C16H23NO2. The van der Waals surface area contributed by atoms with Crippen molar-refractivity contribution in [2.24, 2.45) is 0 Å². The zero-order valence-electron chi connectivity index (χ0n) is 11.9. The van der Waals surface area contributed by atoms with Gasteiger partial charge in [0.25, 0.3) is 5.91 Å². The number of amides is 1. The minimum absolute atomic E-state index is 0.121. The van der Waals surface area contributed by atoms with Crippen molar-refractivity contribution in [3.63, 3.8) is 0 Å². The minimum atomic E-state index is 0.121. The number of hydrogen-bond donors (Lipinski definition) is 0. The maximum atomic E-state index is 12.7. The predicted molar refractivity (Wildman–Crippen MR) is 76.6 cm³/mol. The van der Waals surface area contributed by atoms with E-state index >= 15 is 0 Å². The molecule has 1 aliphatic heterocycles. The van der Waals surface area contributed by atoms with Gasteiger partial charge < -0.3 is 9.64 Å². The largest absolute Gasteiger partial charge is 0.493 e. The molecule has 0 bridgehead atoms. The number of para-hydroxylation sites is 1. The van der Waals surface area contributed by atoms with Crippen LogP contribution in [0.15, 0.2) is 24.3 Å². The molecule has 1 atom stereocenters. The van der Waals surface area contributed by atoms with E-state index in [0.29, 0.717) is 24.0 Å². The summed E-state index contributed by atoms with van der Waals surface area (Å²) in [5.41, 5.74) is 0.699. The van der Waals surface area contributed by atoms with Gasteiger partial charge in [-0.2, -0.15) is 0 Å². The standard InChI is InChI=1S/C16H23NO2/c1-3-13-9-7-8-12-17(13)16(18)14-10-5-6-11-15(14)19-4-2/h5-6,10-11,13H,3-4,7-9,12H2,1-2H3/t13-/m0/s1. The van der Waals surface area contributed by atoms with Crippen molar-refractivity contribution in [3.8, 4) is 5.75 Å². The highest BCUT2D eigenvalue weighted by Crippen LogP contribution is 2.25. The highest BCUT2D eigenvalue weighted by atomic mass is 16.5. The molecule has 1 aromatic carbocycles. The van der Waals surface area contributed by atoms with Crippen LogP contribution in [0.25, 0.3) is 0 Å². The second-order valence-electron chi connectivity index (χ2n) is 4.99. The molecule has 19 heavy (non-hydrogen) atoms. The Balaban J connectivity index is 2.22. The van der Waals surface area contributed by atoms with Gasteiger partial charge in [-0.3, -0.25) is 4.79 Å². The Labute approximate surface area is 115 Å². The summed E-state index contributed by atoms with van der Waals surface area (Å²) in [5, 5.41) is 0. The third-order valence-corrected chi connectivity index (χ3v) is 3.78. The van der Waals surface area contributed by atoms with E-state index in [9.17, 15) is 4.79 Å². The fourth-order valence-electron chi connectivity index (χ4n) is 2.77. The van der Waals surface area contributed by atoms with Crippen molar-refractivity contribution in [2.75, 3.05) is 13.2 Å². The molecule has 1 aliphatic rings. The maximum absolute atomic E-state index is 12.7. The number of nitrogens with zero attached hydrogens (tertiary/aromatic N) is 1. The molecule has 0 N–H and O–H groups in total. The van der Waals surface area contributed by atoms with Crippen molar-refractivity contribution < 1.29 is 9.53 Å². The first-order valence-corrected chi connectivity index (χ1v) is 7.30. The quantitative estimate of drug-likeness (QED) is 0.830. The molecule has 0 unspecified atom stereocenters. The summed E-state index contributed by atoms with van der Waals surface area (Å²) in [6, 6.07) is 7.95. The zero-order valence-corrected chi connectivity index (χ0v) is 11.9. The summed E-state index contributed by atoms with van der Waals surface area (Å²) in [6.45, 7) is 5.56. The van der Waals surface area contributed by atoms with Gasteiger partial charge >= 0.3 is 0 Å². The molecule has 2 rings (SSSR count). The number of piperidine rings is 1. The molecule has 3 nitrogen and oxygen atoms in total. The summed E-state index contributed by atoms with van der Waals surface area (Å²) in [5.74, 6) is 0.825. The Morgan fingerprint density at radius 3 is 2.84 bits per heavy atom. The van der Waals surface area contributed by atoms with Crippen molar-refractivity contribution in [1.82, 2.24) is 4.90 Å². The second kappa shape index (κ2) is 6.60. The van der Waals surface area contributed by atoms with E-state index in [4.69, 9.17) is 4.74 Å². The summed E-state index contributed by atoms with van der Waals surface area (Å²) < 4.78 is 5.57. The number of rotatable bonds is 4. The van der Waals surface area contributed by atoms with Gasteiger partial charge in [0.15, 0.2) is 0 Å². The highest BCUT2D eigenvalue weighted by molar-refractivity contribution is 5.97. The van der Waals surface area contributed by atoms with Crippen LogP contribution in [0.3, 0.4) is 0 Å². The van der Waals surface area contributed by atoms with E-state index in [1.165, 1.54) is 6.42 Å². The first-order valence-electron chi connectivity index (χ1n) is 7.30. The van der Waals surface area contributed by atoms with Crippen molar-refractivity contribution in [3.05, 3.63) is 29.8 Å². The van der Waals surface area contributed by atoms with E-state index in [-0.39, 0.29) is 5.91 Å². The third kappa shape index (κ3) is 3.09. The third-order valence-electron chi connectivity index (χ3n) is 3.78. The molecule has 3 heteroatoms. The van der Waals surface area contributed by atoms with E-state index in [1.807, 2.05) is 36.1 Å². The molecule has 1 fully saturated rings. The lowest BCUT2D eigenvalue weighted by molar-refractivity contribution is 0.0604. The zero-order chi connectivity index (χ0) is 13.7. The first kappa shape index (κ1) is 13.9. The lowest BCUT2D eigenvalue weighted by atomic mass is 9.98. The Kier molecular flexibility index (Phi) is 4.83. The lowest BCUT2D eigenvalue weighted by Gasteiger charge is -2.35. The minimum Gasteiger partial charge on any atom is -0.493 e. The Morgan fingerprint density at radius 2 is 2.11 bits per heavy atom. The lowest BCUT2D eigenvalue weighted by Crippen LogP contribution is -2.43. The van der Waals surface area contributed by atoms with Crippen LogP contribution in [-0.4, -0.2) is 30.0 Å². The topological polar surface area (TPSA) is 29.5 Å². The Hall–Kier alpha value is -1.51. The highest BCUT2D eigenvalue weighted by Gasteiger charge is 2.27. The van der Waals surface area contributed by atoms with E-state index in [2.05, 4.69) is 6.92 Å². The molecule has 0 radical (unpaired) electrons. The van der Waals surface area contributed by atoms with E-state index < -0.39 is 0 Å². The van der Waals surface area contributed by atoms with Crippen molar-refractivity contribution in [2.45, 2.75) is 45.6 Å². The van der Waals surface area contributed by atoms with Gasteiger partial charge in [0.2, 0.25) is 0 Å². The molecule has 1 amide bonds. The summed E-state index contributed by atoms with van der Waals surface area (Å²) in [4.78, 5) is 14.7. The van der Waals surface area contributed by atoms with Crippen molar-refractivity contribution in [1.29, 1.82) is 0 Å². The molecule has 0 spiro atoms. The number of hydrogen-bond acceptors (Lipinski definition) is 2. The SMILES string of the molecule is CCOc1ccccc1C(=O)N1CCCC[C@@H]1CC. The fourth-order valence-corrected chi connectivity index (χ4v) is 2.77. The molecule has 1 saturated heterocycles. The normalized spacial score (nSPS) is 19.3. The number of carbonyl (C=O) groups excluding carboxylic acids is 1. The van der Waals surface area contributed by atoms with Gasteiger partial charge in [0.05, 0.1) is 12.2 Å². The maximum Gasteiger partial charge on any atom is 0.257 e. The fraction of sp³-hybridized carbons (Fsp3) is 0.562. The van der Waals surface area contributed by atoms with Crippen molar-refractivity contribution >= 4 is 5.91 Å². The molecular weight excluding hydrogens is 238 g/mol. The van der Waals surface area contributed by atoms with Crippen LogP contribution in [0, 0.1) is 0 Å². The monoisotopic (exact) mass is 261 g/mol. The van der Waals surface area contributed by atoms with Gasteiger partial charge in [-0.05, 0) is 44.7 Å². The predicted octanol–water partition coefficient (Wildman–Crippen LogP) is 3.49. The second-order valence-corrected chi connectivity index (χ2v) is 4.99. The van der Waals surface area contributed by atoms with Crippen LogP contribution in [-0.2, 0) is 0 Å². The molecule has 0 saturated carbocycles. The number of carbonyl (C=O) groups is 1. The molecule has 1 heterocycles. The van der Waals surface area contributed by atoms with Crippen LogP contribution < -0.4 is 4.74 Å². The van der Waals surface area contributed by atoms with Gasteiger partial charge in [-0.25, -0.2) is 0 Å². The van der Waals surface area contributed by atoms with E-state index in [1.54, 1.807) is 0 Å². The van der Waals surface area contributed by atoms with Crippen LogP contribution >= 0.6 is 0 Å². The summed E-state index contributed by atoms with van der Waals surface area (Å²) in [7, 11) is 0. The average Bonchev–Trinajstić information content (AvgIpc) is 2.47. The smallest absolute Gasteiger partial charge is 0.257 e. The van der Waals surface area contributed by atoms with Gasteiger partial charge in [0, 0.05) is 12.6 Å². The van der Waals surface area contributed by atoms with Gasteiger partial charge in [0.1, 0.15) is 5.75 Å². The molecule has 0 aliphatic carbocycles. The van der Waals surface area contributed by atoms with Crippen LogP contribution in [0.2, 0.25) is 0 Å². The number of likely N-dealkylation sites (tertiary alicyclic amines) is 1. The van der Waals surface area contributed by atoms with Gasteiger partial charge in [-0.15, -0.1) is 0 Å². The molecule has 104 valence electrons. The number of benzene rings is 1. The Morgan fingerprint density at radius 1 is 1.32 bits per heavy atom. The van der Waals surface area contributed by atoms with Gasteiger partial charge in [-0.1, -0.05) is 19.1 Å². The first-order chi connectivity index (χ1) is 9.27. The summed E-state index contributed by atoms with van der Waals surface area (Å²) in [6.07, 6.45) is 4.50. The summed E-state index contributed by atoms with van der Waals surface area (Å²) >= 11 is 0. The molecule has 0 aromatic heterocycles. The van der Waals surface area contributed by atoms with Crippen LogP contribution in [0.5, 0.6) is 5.75 Å². The van der Waals surface area contributed by atoms with Crippen LogP contribution in [0.4, 0.5) is 0 Å². The molecule has 1 aromatic rings.